The number of hydrogen-bond acceptors (Lipinski definition) is 32. The summed E-state index contributed by atoms with van der Waals surface area (Å²) in [6.45, 7) is 12.6. The van der Waals surface area contributed by atoms with Crippen molar-refractivity contribution in [3.8, 4) is 11.5 Å². The maximum Gasteiger partial charge on any atom is 0.234 e. The minimum Gasteiger partial charge on any atom is -0.508 e. The Balaban J connectivity index is 0.000000760. The molecule has 12 atom stereocenters. The van der Waals surface area contributed by atoms with Gasteiger partial charge in [0.2, 0.25) is 47.3 Å². The first kappa shape index (κ1) is 133. The molecule has 0 aromatic heterocycles. The normalized spacial score (nSPS) is 18.9. The van der Waals surface area contributed by atoms with E-state index in [-0.39, 0.29) is 244 Å². The van der Waals surface area contributed by atoms with Crippen molar-refractivity contribution in [1.82, 2.24) is 53.2 Å². The Morgan fingerprint density at radius 3 is 1.17 bits per heavy atom. The summed E-state index contributed by atoms with van der Waals surface area (Å²) >= 11 is 5.69. The Kier molecular flexibility index (Phi) is 74.1. The molecule has 0 bridgehead atoms. The van der Waals surface area contributed by atoms with E-state index in [1.54, 1.807) is 24.3 Å². The van der Waals surface area contributed by atoms with Gasteiger partial charge in [0, 0.05) is 129 Å². The van der Waals surface area contributed by atoms with E-state index in [4.69, 9.17) is 53.3 Å². The van der Waals surface area contributed by atoms with Gasteiger partial charge in [-0.15, -0.1) is 0 Å². The van der Waals surface area contributed by atoms with Crippen LogP contribution in [0.1, 0.15) is 231 Å². The van der Waals surface area contributed by atoms with Crippen molar-refractivity contribution in [3.05, 3.63) is 59.7 Å². The average molecular weight is 2160 g/mol. The van der Waals surface area contributed by atoms with Crippen LogP contribution in [0.3, 0.4) is 0 Å². The van der Waals surface area contributed by atoms with E-state index < -0.39 is 59.9 Å². The second-order valence-electron chi connectivity index (χ2n) is 37.8. The van der Waals surface area contributed by atoms with E-state index in [0.717, 1.165) is 11.1 Å². The van der Waals surface area contributed by atoms with Crippen molar-refractivity contribution in [3.63, 3.8) is 0 Å². The van der Waals surface area contributed by atoms with Crippen LogP contribution >= 0.6 is 47.0 Å². The third-order valence-electron chi connectivity index (χ3n) is 25.7. The maximum atomic E-state index is 14.2. The Bertz CT molecular complexity index is 4050. The molecule has 2 aromatic rings. The van der Waals surface area contributed by atoms with Crippen molar-refractivity contribution in [1.29, 1.82) is 0 Å². The number of primary amides is 2. The fourth-order valence-electron chi connectivity index (χ4n) is 16.5. The lowest BCUT2D eigenvalue weighted by molar-refractivity contribution is -0.130. The molecule has 4 rings (SSSR count). The predicted molar refractivity (Wildman–Crippen MR) is 583 cm³/mol. The molecule has 2 heterocycles. The van der Waals surface area contributed by atoms with Crippen molar-refractivity contribution in [2.45, 2.75) is 269 Å². The van der Waals surface area contributed by atoms with Gasteiger partial charge in [-0.3, -0.25) is 86.7 Å². The van der Waals surface area contributed by atoms with Crippen molar-refractivity contribution in [2.75, 3.05) is 165 Å². The van der Waals surface area contributed by atoms with Crippen LogP contribution in [0.2, 0.25) is 0 Å². The zero-order valence-electron chi connectivity index (χ0n) is 88.2. The first-order chi connectivity index (χ1) is 71.0. The molecule has 24 N–H and O–H groups in total. The number of aromatic hydroxyl groups is 2. The number of ketones is 8. The fourth-order valence-corrected chi connectivity index (χ4v) is 19.1. The van der Waals surface area contributed by atoms with Crippen molar-refractivity contribution >= 4 is 152 Å². The van der Waals surface area contributed by atoms with Crippen LogP contribution in [-0.2, 0) is 109 Å². The van der Waals surface area contributed by atoms with Crippen LogP contribution in [0.4, 0.5) is 0 Å². The van der Waals surface area contributed by atoms with Gasteiger partial charge in [0.05, 0.1) is 112 Å². The molecule has 0 radical (unpaired) electrons. The lowest BCUT2D eigenvalue weighted by atomic mass is 9.87. The van der Waals surface area contributed by atoms with E-state index in [0.29, 0.717) is 243 Å². The number of nitrogens with two attached hydrogens (primary N) is 6. The summed E-state index contributed by atoms with van der Waals surface area (Å²) in [5, 5.41) is 49.6. The average Bonchev–Trinajstić information content (AvgIpc) is 0.971. The number of carbonyl (C=O) groups excluding carboxylic acids is 16. The van der Waals surface area contributed by atoms with Gasteiger partial charge in [-0.2, -0.15) is 47.0 Å². The Morgan fingerprint density at radius 1 is 0.446 bits per heavy atom. The van der Waals surface area contributed by atoms with Crippen LogP contribution in [0.25, 0.3) is 0 Å². The van der Waals surface area contributed by atoms with Crippen LogP contribution in [0, 0.1) is 35.5 Å². The summed E-state index contributed by atoms with van der Waals surface area (Å²) in [5.74, 6) is -2.60. The number of nitrogens with one attached hydrogen (secondary N) is 10. The number of unbranched alkanes of at least 4 members (excludes halogenated alkanes) is 2. The van der Waals surface area contributed by atoms with Gasteiger partial charge in [0.15, 0.2) is 23.5 Å². The number of carbonyl (C=O) groups is 16. The molecule has 44 heteroatoms. The first-order valence-corrected chi connectivity index (χ1v) is 57.6. The number of nitrogens with zero attached hydrogens (tertiary/aromatic N) is 2. The Morgan fingerprint density at radius 2 is 0.818 bits per heavy atom. The highest BCUT2D eigenvalue weighted by molar-refractivity contribution is 8.00. The van der Waals surface area contributed by atoms with Crippen molar-refractivity contribution in [2.24, 2.45) is 79.9 Å². The minimum absolute atomic E-state index is 0.00714. The molecule has 40 nitrogen and oxygen atoms in total. The minimum atomic E-state index is -0.762. The number of thioether (sulfide) groups is 4. The van der Waals surface area contributed by atoms with Crippen LogP contribution in [-0.4, -0.2) is 317 Å². The third-order valence-corrected chi connectivity index (χ3v) is 28.9. The second-order valence-corrected chi connectivity index (χ2v) is 41.8. The number of benzene rings is 2. The number of hydrogen-bond donors (Lipinski definition) is 18. The summed E-state index contributed by atoms with van der Waals surface area (Å²) in [5.41, 5.74) is 35.4. The zero-order chi connectivity index (χ0) is 109. The molecule has 0 unspecified atom stereocenters. The lowest BCUT2D eigenvalue weighted by Crippen LogP contribution is -2.46. The van der Waals surface area contributed by atoms with Crippen LogP contribution in [0.15, 0.2) is 58.5 Å². The molecule has 8 amide bonds. The smallest absolute Gasteiger partial charge is 0.234 e. The topological polar surface area (TPSA) is 652 Å². The molecule has 2 fully saturated rings. The molecule has 2 saturated heterocycles. The molecule has 2 aromatic carbocycles. The largest absolute Gasteiger partial charge is 0.508 e. The van der Waals surface area contributed by atoms with Crippen molar-refractivity contribution < 1.29 is 106 Å². The zero-order valence-corrected chi connectivity index (χ0v) is 91.5. The second kappa shape index (κ2) is 82.5. The number of amides is 8. The SMILES string of the molecule is CC[C@H](C)[C@@H]1NC(=O)CCNC(=O)CSCC[C@@H](C(=O)CC[C@@H](CCCN=C(N)N)CN[C@@H](Cc2ccc(O)cc2)C(N)=O)NCC(=O)[C@H](CCCCNC(=O)CCOCCOCCCC(=O)CSC)CCC1=O.CC[C@H](C)[C@@H]1NC(=O)CCNC(=O)CSCC[C@@H](C(=O)CC[C@@H](CCCN=C(N)N)CN[C@@H](Cc2ccc(O)cc2)C(N)=O)NCC(=O)[C@H](CCCCNC(=O)CCOCCOCCCC(=O)CSC)CCC1=O. The summed E-state index contributed by atoms with van der Waals surface area (Å²) in [6, 6.07) is 8.62. The summed E-state index contributed by atoms with van der Waals surface area (Å²) < 4.78 is 22.1. The molecule has 0 spiro atoms. The van der Waals surface area contributed by atoms with E-state index in [2.05, 4.69) is 63.2 Å². The monoisotopic (exact) mass is 2160 g/mol. The standard InChI is InChI=1S/2C52H87N9O11S2/c2*1-4-36(2)50-45(65)19-15-39(10-5-6-23-56-47(67)21-27-72-29-28-71-26-8-11-41(63)34-73-3)46(66)33-60-42(22-30-74-35-49(69)57-25-20-48(68)61-50)44(64)18-14-38(9-7-24-58-52(54)55)32-59-43(51(53)70)31-37-12-16-40(62)17-13-37/h2*12-13,16-17,36,38-39,42-43,50,59-60,62H,4-11,14-15,18-35H2,1-3H3,(H2,53,70)(H,56,67)(H,57,69)(H,61,68)(H4,54,55,58)/t2*36-,38+,39+,42-,43-,50-/m00/s1. The highest BCUT2D eigenvalue weighted by Crippen LogP contribution is 2.26. The molecule has 836 valence electrons. The molecule has 2 aliphatic rings. The number of rotatable bonds is 66. The van der Waals surface area contributed by atoms with Gasteiger partial charge < -0.3 is 117 Å². The summed E-state index contributed by atoms with van der Waals surface area (Å²) in [4.78, 5) is 217. The van der Waals surface area contributed by atoms with Gasteiger partial charge in [-0.05, 0) is 212 Å². The predicted octanol–water partition coefficient (Wildman–Crippen LogP) is 4.97. The van der Waals surface area contributed by atoms with Gasteiger partial charge in [0.1, 0.15) is 46.2 Å². The number of aliphatic imine (C=N–C) groups is 2. The summed E-state index contributed by atoms with van der Waals surface area (Å²) in [7, 11) is 0. The molecular formula is C104H174N18O22S4. The summed E-state index contributed by atoms with van der Waals surface area (Å²) in [6.07, 6.45) is 16.4. The highest BCUT2D eigenvalue weighted by atomic mass is 32.2. The third kappa shape index (κ3) is 65.1. The molecular weight excluding hydrogens is 1980 g/mol. The number of Topliss-reactive ketones (excluding diaryl/α,β-unsaturated/α-hetero) is 8. The van der Waals surface area contributed by atoms with E-state index in [1.807, 2.05) is 40.2 Å². The van der Waals surface area contributed by atoms with Gasteiger partial charge in [-0.25, -0.2) is 0 Å². The van der Waals surface area contributed by atoms with E-state index >= 15 is 0 Å². The van der Waals surface area contributed by atoms with Gasteiger partial charge in [-0.1, -0.05) is 77.6 Å². The molecule has 148 heavy (non-hydrogen) atoms. The molecule has 0 aliphatic carbocycles. The number of ether oxygens (including phenoxy) is 4. The number of guanidine groups is 2. The van der Waals surface area contributed by atoms with E-state index in [9.17, 15) is 86.9 Å². The van der Waals surface area contributed by atoms with Crippen LogP contribution in [0.5, 0.6) is 11.5 Å². The van der Waals surface area contributed by atoms with Crippen LogP contribution < -0.4 is 87.6 Å². The fraction of sp³-hybridized carbons (Fsp3) is 0.712. The Hall–Kier alpha value is -9.22. The number of phenolic OH excluding ortho intramolecular Hbond substituents is 2. The molecule has 0 saturated carbocycles. The molecule has 2 aliphatic heterocycles. The van der Waals surface area contributed by atoms with E-state index in [1.165, 1.54) is 71.3 Å². The lowest BCUT2D eigenvalue weighted by Gasteiger charge is -2.25. The van der Waals surface area contributed by atoms with Gasteiger partial charge >= 0.3 is 0 Å². The quantitative estimate of drug-likeness (QED) is 0.0236. The highest BCUT2D eigenvalue weighted by Gasteiger charge is 2.33. The number of phenols is 2. The Labute approximate surface area is 892 Å². The maximum absolute atomic E-state index is 14.2. The first-order valence-electron chi connectivity index (χ1n) is 52.5. The van der Waals surface area contributed by atoms with Gasteiger partial charge in [0.25, 0.3) is 0 Å².